The molecule has 0 spiro atoms. The predicted molar refractivity (Wildman–Crippen MR) is 89.4 cm³/mol. The van der Waals surface area contributed by atoms with Gasteiger partial charge in [0.15, 0.2) is 5.65 Å². The molecule has 0 saturated heterocycles. The molecule has 7 nitrogen and oxygen atoms in total. The first kappa shape index (κ1) is 15.6. The molecule has 0 aliphatic carbocycles. The molecular weight excluding hydrogens is 292 g/mol. The van der Waals surface area contributed by atoms with Gasteiger partial charge in [0, 0.05) is 6.07 Å². The Morgan fingerprint density at radius 3 is 2.87 bits per heavy atom. The summed E-state index contributed by atoms with van der Waals surface area (Å²) < 4.78 is 7.57. The van der Waals surface area contributed by atoms with Crippen LogP contribution in [0.2, 0.25) is 0 Å². The van der Waals surface area contributed by atoms with E-state index in [0.29, 0.717) is 18.8 Å². The van der Waals surface area contributed by atoms with Crippen LogP contribution in [0, 0.1) is 6.92 Å². The normalized spacial score (nSPS) is 12.9. The monoisotopic (exact) mass is 314 g/mol. The molecule has 3 rings (SSSR count). The van der Waals surface area contributed by atoms with Gasteiger partial charge in [0.05, 0.1) is 23.7 Å². The molecule has 1 atom stereocenters. The van der Waals surface area contributed by atoms with Crippen LogP contribution in [-0.4, -0.2) is 32.7 Å². The largest absolute Gasteiger partial charge is 0.494 e. The molecule has 2 aromatic heterocycles. The second kappa shape index (κ2) is 6.47. The zero-order chi connectivity index (χ0) is 16.4. The average Bonchev–Trinajstić information content (AvgIpc) is 2.94. The Balaban J connectivity index is 2.20. The molecule has 0 aliphatic rings. The lowest BCUT2D eigenvalue weighted by molar-refractivity contribution is 0.340. The first-order valence-corrected chi connectivity index (χ1v) is 7.89. The number of aromatic nitrogens is 4. The zero-order valence-corrected chi connectivity index (χ0v) is 13.5. The fourth-order valence-corrected chi connectivity index (χ4v) is 2.76. The lowest BCUT2D eigenvalue weighted by atomic mass is 10.1. The van der Waals surface area contributed by atoms with Crippen molar-refractivity contribution in [3.63, 3.8) is 0 Å². The third kappa shape index (κ3) is 2.85. The summed E-state index contributed by atoms with van der Waals surface area (Å²) >= 11 is 0. The van der Waals surface area contributed by atoms with Crippen molar-refractivity contribution in [2.24, 2.45) is 11.5 Å². The molecule has 0 fully saturated rings. The Morgan fingerprint density at radius 2 is 2.13 bits per heavy atom. The molecule has 0 amide bonds. The molecule has 4 N–H and O–H groups in total. The van der Waals surface area contributed by atoms with E-state index in [4.69, 9.17) is 21.2 Å². The molecule has 23 heavy (non-hydrogen) atoms. The summed E-state index contributed by atoms with van der Waals surface area (Å²) in [6.45, 7) is 5.10. The number of fused-ring (bicyclic) bond motifs is 3. The highest BCUT2D eigenvalue weighted by molar-refractivity contribution is 5.80. The predicted octanol–water partition coefficient (Wildman–Crippen LogP) is 1.72. The minimum absolute atomic E-state index is 0.218. The van der Waals surface area contributed by atoms with Gasteiger partial charge in [-0.2, -0.15) is 0 Å². The number of nitrogens with zero attached hydrogens (tertiary/aromatic N) is 4. The maximum absolute atomic E-state index is 6.31. The Bertz CT molecular complexity index is 828. The van der Waals surface area contributed by atoms with Crippen molar-refractivity contribution >= 4 is 16.7 Å². The highest BCUT2D eigenvalue weighted by Gasteiger charge is 2.18. The lowest BCUT2D eigenvalue weighted by Crippen LogP contribution is -2.16. The first-order valence-electron chi connectivity index (χ1n) is 7.89. The summed E-state index contributed by atoms with van der Waals surface area (Å²) in [6, 6.07) is 5.62. The fraction of sp³-hybridized carbons (Fsp3) is 0.438. The van der Waals surface area contributed by atoms with Crippen LogP contribution < -0.4 is 16.2 Å². The van der Waals surface area contributed by atoms with Gasteiger partial charge in [-0.1, -0.05) is 0 Å². The third-order valence-corrected chi connectivity index (χ3v) is 3.86. The van der Waals surface area contributed by atoms with Crippen molar-refractivity contribution in [2.75, 3.05) is 13.2 Å². The maximum Gasteiger partial charge on any atom is 0.184 e. The Morgan fingerprint density at radius 1 is 1.30 bits per heavy atom. The minimum atomic E-state index is -0.218. The lowest BCUT2D eigenvalue weighted by Gasteiger charge is -2.14. The second-order valence-corrected chi connectivity index (χ2v) is 5.52. The third-order valence-electron chi connectivity index (χ3n) is 3.86. The van der Waals surface area contributed by atoms with Gasteiger partial charge in [-0.25, -0.2) is 4.98 Å². The summed E-state index contributed by atoms with van der Waals surface area (Å²) in [5, 5.41) is 8.45. The number of rotatable bonds is 6. The van der Waals surface area contributed by atoms with Crippen molar-refractivity contribution in [3.8, 4) is 5.75 Å². The highest BCUT2D eigenvalue weighted by atomic mass is 16.5. The van der Waals surface area contributed by atoms with Gasteiger partial charge in [0.2, 0.25) is 0 Å². The Kier molecular flexibility index (Phi) is 4.40. The molecular formula is C16H22N6O. The highest BCUT2D eigenvalue weighted by Crippen LogP contribution is 2.26. The number of hydrogen-bond donors (Lipinski definition) is 2. The molecule has 1 aromatic carbocycles. The standard InChI is InChI=1S/C16H22N6O/c1-3-23-11-6-7-14-13(9-11)19-15(12(18)5-4-8-17)16-21-20-10(2)22(14)16/h6-7,9,12H,3-5,8,17-18H2,1-2H3. The summed E-state index contributed by atoms with van der Waals surface area (Å²) in [6.07, 6.45) is 1.61. The number of benzene rings is 1. The van der Waals surface area contributed by atoms with E-state index in [0.717, 1.165) is 41.1 Å². The second-order valence-electron chi connectivity index (χ2n) is 5.52. The van der Waals surface area contributed by atoms with Crippen molar-refractivity contribution in [1.29, 1.82) is 0 Å². The van der Waals surface area contributed by atoms with E-state index in [2.05, 4.69) is 10.2 Å². The molecule has 122 valence electrons. The number of nitrogens with two attached hydrogens (primary N) is 2. The molecule has 0 bridgehead atoms. The minimum Gasteiger partial charge on any atom is -0.494 e. The topological polar surface area (TPSA) is 104 Å². The maximum atomic E-state index is 6.31. The molecule has 3 aromatic rings. The van der Waals surface area contributed by atoms with Crippen molar-refractivity contribution in [1.82, 2.24) is 19.6 Å². The number of ether oxygens (including phenoxy) is 1. The number of hydrogen-bond acceptors (Lipinski definition) is 6. The zero-order valence-electron chi connectivity index (χ0n) is 13.5. The van der Waals surface area contributed by atoms with Crippen molar-refractivity contribution in [3.05, 3.63) is 29.7 Å². The Hall–Kier alpha value is -2.25. The molecule has 0 aliphatic heterocycles. The van der Waals surface area contributed by atoms with Crippen LogP contribution in [0.3, 0.4) is 0 Å². The SMILES string of the molecule is CCOc1ccc2c(c1)nc(C(N)CCCN)c1nnc(C)n12. The first-order chi connectivity index (χ1) is 11.2. The van der Waals surface area contributed by atoms with Crippen LogP contribution in [0.1, 0.15) is 37.3 Å². The van der Waals surface area contributed by atoms with Crippen LogP contribution >= 0.6 is 0 Å². The van der Waals surface area contributed by atoms with E-state index in [1.165, 1.54) is 0 Å². The summed E-state index contributed by atoms with van der Waals surface area (Å²) in [5.74, 6) is 1.60. The van der Waals surface area contributed by atoms with Gasteiger partial charge in [-0.05, 0) is 45.4 Å². The van der Waals surface area contributed by atoms with Crippen LogP contribution in [0.25, 0.3) is 16.7 Å². The molecule has 2 heterocycles. The van der Waals surface area contributed by atoms with Gasteiger partial charge in [-0.15, -0.1) is 10.2 Å². The quantitative estimate of drug-likeness (QED) is 0.718. The fourth-order valence-electron chi connectivity index (χ4n) is 2.76. The Labute approximate surface area is 134 Å². The van der Waals surface area contributed by atoms with Crippen LogP contribution in [0.4, 0.5) is 0 Å². The van der Waals surface area contributed by atoms with Gasteiger partial charge < -0.3 is 16.2 Å². The molecule has 0 radical (unpaired) electrons. The summed E-state index contributed by atoms with van der Waals surface area (Å²) in [7, 11) is 0. The van der Waals surface area contributed by atoms with E-state index in [1.54, 1.807) is 0 Å². The summed E-state index contributed by atoms with van der Waals surface area (Å²) in [5.41, 5.74) is 15.1. The summed E-state index contributed by atoms with van der Waals surface area (Å²) in [4.78, 5) is 4.74. The average molecular weight is 314 g/mol. The van der Waals surface area contributed by atoms with Crippen LogP contribution in [-0.2, 0) is 0 Å². The van der Waals surface area contributed by atoms with E-state index in [1.807, 2.05) is 36.4 Å². The van der Waals surface area contributed by atoms with Gasteiger partial charge in [0.25, 0.3) is 0 Å². The molecule has 7 heteroatoms. The van der Waals surface area contributed by atoms with E-state index < -0.39 is 0 Å². The molecule has 1 unspecified atom stereocenters. The van der Waals surface area contributed by atoms with E-state index in [9.17, 15) is 0 Å². The number of aryl methyl sites for hydroxylation is 1. The van der Waals surface area contributed by atoms with Gasteiger partial charge in [0.1, 0.15) is 17.3 Å². The van der Waals surface area contributed by atoms with Crippen LogP contribution in [0.15, 0.2) is 18.2 Å². The van der Waals surface area contributed by atoms with Crippen molar-refractivity contribution in [2.45, 2.75) is 32.7 Å². The van der Waals surface area contributed by atoms with Gasteiger partial charge in [-0.3, -0.25) is 4.40 Å². The van der Waals surface area contributed by atoms with E-state index >= 15 is 0 Å². The molecule has 0 saturated carbocycles. The van der Waals surface area contributed by atoms with Crippen LogP contribution in [0.5, 0.6) is 5.75 Å². The smallest absolute Gasteiger partial charge is 0.184 e. The van der Waals surface area contributed by atoms with E-state index in [-0.39, 0.29) is 6.04 Å². The van der Waals surface area contributed by atoms with Crippen molar-refractivity contribution < 1.29 is 4.74 Å². The van der Waals surface area contributed by atoms with Gasteiger partial charge >= 0.3 is 0 Å².